The summed E-state index contributed by atoms with van der Waals surface area (Å²) in [4.78, 5) is 0. The highest BCUT2D eigenvalue weighted by Crippen LogP contribution is 2.41. The molecule has 0 saturated heterocycles. The van der Waals surface area contributed by atoms with Gasteiger partial charge in [0.15, 0.2) is 11.6 Å². The van der Waals surface area contributed by atoms with Crippen LogP contribution in [0.4, 0.5) is 17.6 Å². The molecule has 0 radical (unpaired) electrons. The Morgan fingerprint density at radius 2 is 1.55 bits per heavy atom. The van der Waals surface area contributed by atoms with Crippen LogP contribution >= 0.6 is 11.6 Å². The second kappa shape index (κ2) is 6.88. The van der Waals surface area contributed by atoms with Gasteiger partial charge in [0.2, 0.25) is 11.6 Å². The molecule has 4 aromatic rings. The summed E-state index contributed by atoms with van der Waals surface area (Å²) in [5, 5.41) is 16.3. The lowest BCUT2D eigenvalue weighted by atomic mass is 10.1. The topological polar surface area (TPSA) is 61.4 Å². The summed E-state index contributed by atoms with van der Waals surface area (Å²) in [5.74, 6) is 1.17. The first-order valence-electron chi connectivity index (χ1n) is 9.26. The quantitative estimate of drug-likeness (QED) is 0.393. The minimum atomic E-state index is -4.59. The molecule has 31 heavy (non-hydrogen) atoms. The molecule has 6 nitrogen and oxygen atoms in total. The Balaban J connectivity index is 1.64. The second-order valence-corrected chi connectivity index (χ2v) is 7.57. The number of halogens is 5. The molecular formula is C20H13ClF4N6. The van der Waals surface area contributed by atoms with Crippen LogP contribution in [0, 0.1) is 5.82 Å². The van der Waals surface area contributed by atoms with E-state index in [4.69, 9.17) is 11.6 Å². The standard InChI is InChI=1S/C20H13ClF4N6/c1-10-9-30-16(11-5-7-12(22)8-6-11)26-28-18(30)19-29-27-17(31(10)19)13-3-2-4-14(15(13)21)20(23,24)25/h2-8,10H,9H2,1H3. The monoisotopic (exact) mass is 448 g/mol. The van der Waals surface area contributed by atoms with Crippen molar-refractivity contribution in [1.82, 2.24) is 29.5 Å². The molecule has 0 N–H and O–H groups in total. The number of fused-ring (bicyclic) bond motifs is 3. The van der Waals surface area contributed by atoms with Crippen molar-refractivity contribution in [3.05, 3.63) is 58.9 Å². The van der Waals surface area contributed by atoms with Gasteiger partial charge in [-0.05, 0) is 43.3 Å². The number of alkyl halides is 3. The van der Waals surface area contributed by atoms with E-state index < -0.39 is 16.8 Å². The van der Waals surface area contributed by atoms with E-state index in [1.165, 1.54) is 24.3 Å². The maximum absolute atomic E-state index is 13.3. The maximum atomic E-state index is 13.3. The molecule has 11 heteroatoms. The Morgan fingerprint density at radius 3 is 2.26 bits per heavy atom. The number of rotatable bonds is 2. The summed E-state index contributed by atoms with van der Waals surface area (Å²) < 4.78 is 56.7. The van der Waals surface area contributed by atoms with E-state index in [0.717, 1.165) is 6.07 Å². The Morgan fingerprint density at radius 1 is 0.903 bits per heavy atom. The molecule has 0 amide bonds. The Hall–Kier alpha value is -3.27. The molecule has 0 aliphatic carbocycles. The molecule has 2 aromatic heterocycles. The smallest absolute Gasteiger partial charge is 0.302 e. The first-order valence-corrected chi connectivity index (χ1v) is 9.64. The number of nitrogens with zero attached hydrogens (tertiary/aromatic N) is 6. The van der Waals surface area contributed by atoms with E-state index in [1.54, 1.807) is 16.7 Å². The second-order valence-electron chi connectivity index (χ2n) is 7.20. The summed E-state index contributed by atoms with van der Waals surface area (Å²) >= 11 is 6.11. The van der Waals surface area contributed by atoms with Gasteiger partial charge in [-0.3, -0.25) is 4.57 Å². The Labute approximate surface area is 178 Å². The third kappa shape index (κ3) is 3.09. The van der Waals surface area contributed by atoms with Crippen molar-refractivity contribution in [2.45, 2.75) is 25.7 Å². The molecule has 158 valence electrons. The van der Waals surface area contributed by atoms with Gasteiger partial charge in [-0.25, -0.2) is 4.39 Å². The highest BCUT2D eigenvalue weighted by molar-refractivity contribution is 6.34. The van der Waals surface area contributed by atoms with Crippen molar-refractivity contribution in [3.8, 4) is 34.4 Å². The van der Waals surface area contributed by atoms with E-state index in [1.807, 2.05) is 11.5 Å². The van der Waals surface area contributed by atoms with Crippen molar-refractivity contribution >= 4 is 11.6 Å². The Bertz CT molecular complexity index is 1290. The third-order valence-corrected chi connectivity index (χ3v) is 5.59. The minimum Gasteiger partial charge on any atom is -0.302 e. The molecule has 5 rings (SSSR count). The molecule has 0 bridgehead atoms. The maximum Gasteiger partial charge on any atom is 0.417 e. The number of benzene rings is 2. The van der Waals surface area contributed by atoms with Crippen LogP contribution in [0.3, 0.4) is 0 Å². The summed E-state index contributed by atoms with van der Waals surface area (Å²) in [7, 11) is 0. The first kappa shape index (κ1) is 19.7. The summed E-state index contributed by atoms with van der Waals surface area (Å²) in [6, 6.07) is 9.33. The molecule has 0 saturated carbocycles. The van der Waals surface area contributed by atoms with Crippen LogP contribution in [-0.2, 0) is 12.7 Å². The molecule has 2 aromatic carbocycles. The van der Waals surface area contributed by atoms with E-state index in [0.29, 0.717) is 29.6 Å². The lowest BCUT2D eigenvalue weighted by Crippen LogP contribution is -2.22. The third-order valence-electron chi connectivity index (χ3n) is 5.18. The van der Waals surface area contributed by atoms with Crippen molar-refractivity contribution in [2.75, 3.05) is 0 Å². The van der Waals surface area contributed by atoms with Crippen molar-refractivity contribution < 1.29 is 17.6 Å². The van der Waals surface area contributed by atoms with Gasteiger partial charge in [0.05, 0.1) is 16.6 Å². The largest absolute Gasteiger partial charge is 0.417 e. The van der Waals surface area contributed by atoms with Gasteiger partial charge < -0.3 is 4.57 Å². The lowest BCUT2D eigenvalue weighted by molar-refractivity contribution is -0.137. The number of hydrogen-bond acceptors (Lipinski definition) is 4. The fraction of sp³-hybridized carbons (Fsp3) is 0.200. The van der Waals surface area contributed by atoms with Gasteiger partial charge >= 0.3 is 6.18 Å². The zero-order valence-corrected chi connectivity index (χ0v) is 16.7. The van der Waals surface area contributed by atoms with Gasteiger partial charge in [-0.1, -0.05) is 17.7 Å². The predicted molar refractivity (Wildman–Crippen MR) is 105 cm³/mol. The van der Waals surface area contributed by atoms with Gasteiger partial charge in [-0.2, -0.15) is 13.2 Å². The minimum absolute atomic E-state index is 0.133. The average Bonchev–Trinajstić information content (AvgIpc) is 3.33. The first-order chi connectivity index (χ1) is 14.8. The number of hydrogen-bond donors (Lipinski definition) is 0. The highest BCUT2D eigenvalue weighted by atomic mass is 35.5. The molecule has 1 aliphatic rings. The van der Waals surface area contributed by atoms with Crippen LogP contribution < -0.4 is 0 Å². The Kier molecular flexibility index (Phi) is 4.37. The van der Waals surface area contributed by atoms with Crippen LogP contribution in [0.1, 0.15) is 18.5 Å². The van der Waals surface area contributed by atoms with Crippen molar-refractivity contribution in [3.63, 3.8) is 0 Å². The summed E-state index contributed by atoms with van der Waals surface area (Å²) in [6.07, 6.45) is -4.59. The predicted octanol–water partition coefficient (Wildman–Crippen LogP) is 5.26. The lowest BCUT2D eigenvalue weighted by Gasteiger charge is -2.25. The normalized spacial score (nSPS) is 15.6. The van der Waals surface area contributed by atoms with Gasteiger partial charge in [0.25, 0.3) is 0 Å². The molecule has 1 aliphatic heterocycles. The molecule has 3 heterocycles. The van der Waals surface area contributed by atoms with Gasteiger partial charge in [0, 0.05) is 17.7 Å². The van der Waals surface area contributed by atoms with Crippen LogP contribution in [0.25, 0.3) is 34.4 Å². The highest BCUT2D eigenvalue weighted by Gasteiger charge is 2.36. The van der Waals surface area contributed by atoms with Crippen molar-refractivity contribution in [1.29, 1.82) is 0 Å². The zero-order chi connectivity index (χ0) is 21.9. The van der Waals surface area contributed by atoms with Crippen LogP contribution in [0.5, 0.6) is 0 Å². The van der Waals surface area contributed by atoms with E-state index in [2.05, 4.69) is 20.4 Å². The number of aromatic nitrogens is 6. The average molecular weight is 449 g/mol. The molecule has 0 fully saturated rings. The van der Waals surface area contributed by atoms with Gasteiger partial charge in [-0.15, -0.1) is 20.4 Å². The van der Waals surface area contributed by atoms with Crippen LogP contribution in [0.15, 0.2) is 42.5 Å². The molecule has 1 atom stereocenters. The zero-order valence-electron chi connectivity index (χ0n) is 15.9. The molecule has 0 spiro atoms. The van der Waals surface area contributed by atoms with Gasteiger partial charge in [0.1, 0.15) is 5.82 Å². The van der Waals surface area contributed by atoms with Crippen molar-refractivity contribution in [2.24, 2.45) is 0 Å². The fourth-order valence-corrected chi connectivity index (χ4v) is 4.09. The van der Waals surface area contributed by atoms with E-state index in [-0.39, 0.29) is 23.2 Å². The summed E-state index contributed by atoms with van der Waals surface area (Å²) in [5.41, 5.74) is -0.121. The SMILES string of the molecule is CC1Cn2c(-c3ccc(F)cc3)nnc2-c2nnc(-c3cccc(C(F)(F)F)c3Cl)n21. The molecular weight excluding hydrogens is 436 g/mol. The van der Waals surface area contributed by atoms with Crippen LogP contribution in [0.2, 0.25) is 5.02 Å². The molecule has 1 unspecified atom stereocenters. The fourth-order valence-electron chi connectivity index (χ4n) is 3.77. The van der Waals surface area contributed by atoms with Crippen LogP contribution in [-0.4, -0.2) is 29.5 Å². The van der Waals surface area contributed by atoms with E-state index >= 15 is 0 Å². The summed E-state index contributed by atoms with van der Waals surface area (Å²) in [6.45, 7) is 2.30. The van der Waals surface area contributed by atoms with E-state index in [9.17, 15) is 17.6 Å².